The summed E-state index contributed by atoms with van der Waals surface area (Å²) < 4.78 is 39.2. The second kappa shape index (κ2) is 5.70. The van der Waals surface area contributed by atoms with E-state index in [1.54, 1.807) is 0 Å². The van der Waals surface area contributed by atoms with Crippen LogP contribution in [0.15, 0.2) is 36.4 Å². The first-order chi connectivity index (χ1) is 9.68. The molecule has 0 spiro atoms. The fourth-order valence-electron chi connectivity index (χ4n) is 1.99. The van der Waals surface area contributed by atoms with E-state index in [0.29, 0.717) is 15.6 Å². The van der Waals surface area contributed by atoms with Crippen LogP contribution < -0.4 is 0 Å². The van der Waals surface area contributed by atoms with Crippen molar-refractivity contribution in [2.75, 3.05) is 0 Å². The van der Waals surface area contributed by atoms with Crippen molar-refractivity contribution in [3.8, 4) is 11.1 Å². The molecule has 21 heavy (non-hydrogen) atoms. The molecule has 0 aliphatic heterocycles. The van der Waals surface area contributed by atoms with Crippen molar-refractivity contribution in [1.82, 2.24) is 0 Å². The zero-order valence-corrected chi connectivity index (χ0v) is 12.3. The zero-order valence-electron chi connectivity index (χ0n) is 10.8. The molecule has 0 saturated carbocycles. The lowest BCUT2D eigenvalue weighted by Gasteiger charge is -2.13. The summed E-state index contributed by atoms with van der Waals surface area (Å²) in [5.41, 5.74) is -0.590. The summed E-state index contributed by atoms with van der Waals surface area (Å²) in [4.78, 5) is 11.3. The maximum Gasteiger partial charge on any atom is 0.417 e. The minimum Gasteiger partial charge on any atom is -0.294 e. The monoisotopic (exact) mass is 332 g/mol. The fraction of sp³-hybridized carbons (Fsp3) is 0.133. The molecule has 0 N–H and O–H groups in total. The van der Waals surface area contributed by atoms with Gasteiger partial charge in [0.05, 0.1) is 5.56 Å². The van der Waals surface area contributed by atoms with Gasteiger partial charge in [-0.3, -0.25) is 4.79 Å². The molecule has 0 saturated heterocycles. The molecule has 0 amide bonds. The third kappa shape index (κ3) is 3.57. The maximum atomic E-state index is 13.1. The highest BCUT2D eigenvalue weighted by atomic mass is 35.5. The summed E-state index contributed by atoms with van der Waals surface area (Å²) >= 11 is 11.7. The van der Waals surface area contributed by atoms with Gasteiger partial charge in [-0.15, -0.1) is 0 Å². The van der Waals surface area contributed by atoms with E-state index in [0.717, 1.165) is 19.1 Å². The Morgan fingerprint density at radius 1 is 0.952 bits per heavy atom. The third-order valence-electron chi connectivity index (χ3n) is 2.90. The molecule has 110 valence electrons. The second-order valence-corrected chi connectivity index (χ2v) is 5.35. The second-order valence-electron chi connectivity index (χ2n) is 4.47. The van der Waals surface area contributed by atoms with Gasteiger partial charge < -0.3 is 0 Å². The molecule has 0 aliphatic carbocycles. The number of ketones is 1. The number of hydrogen-bond acceptors (Lipinski definition) is 1. The minimum absolute atomic E-state index is 0.289. The van der Waals surface area contributed by atoms with Crippen LogP contribution in [-0.4, -0.2) is 5.78 Å². The highest BCUT2D eigenvalue weighted by Crippen LogP contribution is 2.36. The van der Waals surface area contributed by atoms with Crippen molar-refractivity contribution in [3.05, 3.63) is 57.6 Å². The summed E-state index contributed by atoms with van der Waals surface area (Å²) in [7, 11) is 0. The normalized spacial score (nSPS) is 11.5. The van der Waals surface area contributed by atoms with Crippen LogP contribution in [-0.2, 0) is 6.18 Å². The van der Waals surface area contributed by atoms with Crippen LogP contribution in [0.2, 0.25) is 10.0 Å². The highest BCUT2D eigenvalue weighted by molar-refractivity contribution is 6.35. The molecular formula is C15H9Cl2F3O. The van der Waals surface area contributed by atoms with E-state index in [1.807, 2.05) is 0 Å². The van der Waals surface area contributed by atoms with Crippen LogP contribution >= 0.6 is 23.2 Å². The van der Waals surface area contributed by atoms with Gasteiger partial charge in [-0.25, -0.2) is 0 Å². The first kappa shape index (κ1) is 15.9. The molecule has 0 aromatic heterocycles. The van der Waals surface area contributed by atoms with Crippen molar-refractivity contribution in [2.45, 2.75) is 13.1 Å². The predicted molar refractivity (Wildman–Crippen MR) is 76.9 cm³/mol. The van der Waals surface area contributed by atoms with Crippen LogP contribution in [0.4, 0.5) is 13.2 Å². The lowest BCUT2D eigenvalue weighted by Crippen LogP contribution is -2.11. The van der Waals surface area contributed by atoms with E-state index >= 15 is 0 Å². The Bertz CT molecular complexity index is 688. The predicted octanol–water partition coefficient (Wildman–Crippen LogP) is 5.88. The van der Waals surface area contributed by atoms with E-state index in [-0.39, 0.29) is 11.1 Å². The number of carbonyl (C=O) groups is 1. The molecule has 0 radical (unpaired) electrons. The van der Waals surface area contributed by atoms with E-state index in [4.69, 9.17) is 23.2 Å². The Morgan fingerprint density at radius 2 is 1.52 bits per heavy atom. The number of benzene rings is 2. The molecule has 2 aromatic rings. The molecule has 0 unspecified atom stereocenters. The standard InChI is InChI=1S/C15H9Cl2F3O/c1-8(21)13-3-2-9(6-14(13)15(18,19)20)10-4-11(16)7-12(17)5-10/h2-7H,1H3. The first-order valence-corrected chi connectivity index (χ1v) is 6.63. The van der Waals surface area contributed by atoms with E-state index < -0.39 is 17.5 Å². The molecule has 0 atom stereocenters. The van der Waals surface area contributed by atoms with Gasteiger partial charge in [0, 0.05) is 15.6 Å². The Morgan fingerprint density at radius 3 is 2.00 bits per heavy atom. The minimum atomic E-state index is -4.61. The molecule has 0 aliphatic rings. The van der Waals surface area contributed by atoms with Gasteiger partial charge in [-0.05, 0) is 42.3 Å². The van der Waals surface area contributed by atoms with Gasteiger partial charge in [-0.2, -0.15) is 13.2 Å². The van der Waals surface area contributed by atoms with E-state index in [1.165, 1.54) is 24.3 Å². The van der Waals surface area contributed by atoms with Crippen LogP contribution in [0.5, 0.6) is 0 Å². The van der Waals surface area contributed by atoms with Crippen LogP contribution in [0.3, 0.4) is 0 Å². The van der Waals surface area contributed by atoms with Crippen molar-refractivity contribution in [3.63, 3.8) is 0 Å². The van der Waals surface area contributed by atoms with E-state index in [2.05, 4.69) is 0 Å². The average molecular weight is 333 g/mol. The molecule has 0 heterocycles. The summed E-state index contributed by atoms with van der Waals surface area (Å²) in [6, 6.07) is 8.04. The fourth-order valence-corrected chi connectivity index (χ4v) is 2.51. The van der Waals surface area contributed by atoms with Gasteiger partial charge in [0.25, 0.3) is 0 Å². The summed E-state index contributed by atoms with van der Waals surface area (Å²) in [5, 5.41) is 0.642. The summed E-state index contributed by atoms with van der Waals surface area (Å²) in [6.07, 6.45) is -4.61. The average Bonchev–Trinajstić information content (AvgIpc) is 2.35. The lowest BCUT2D eigenvalue weighted by atomic mass is 9.97. The smallest absolute Gasteiger partial charge is 0.294 e. The Balaban J connectivity index is 2.64. The van der Waals surface area contributed by atoms with Crippen molar-refractivity contribution in [1.29, 1.82) is 0 Å². The third-order valence-corrected chi connectivity index (χ3v) is 3.34. The van der Waals surface area contributed by atoms with Crippen LogP contribution in [0.25, 0.3) is 11.1 Å². The van der Waals surface area contributed by atoms with Crippen LogP contribution in [0.1, 0.15) is 22.8 Å². The number of Topliss-reactive ketones (excluding diaryl/α,β-unsaturated/α-hetero) is 1. The zero-order chi connectivity index (χ0) is 15.8. The largest absolute Gasteiger partial charge is 0.417 e. The Labute approximate surface area is 129 Å². The lowest BCUT2D eigenvalue weighted by molar-refractivity contribution is -0.137. The first-order valence-electron chi connectivity index (χ1n) is 5.87. The van der Waals surface area contributed by atoms with Crippen molar-refractivity contribution in [2.24, 2.45) is 0 Å². The molecule has 2 rings (SSSR count). The number of hydrogen-bond donors (Lipinski definition) is 0. The van der Waals surface area contributed by atoms with Gasteiger partial charge in [0.1, 0.15) is 0 Å². The van der Waals surface area contributed by atoms with Gasteiger partial charge in [-0.1, -0.05) is 35.3 Å². The molecule has 2 aromatic carbocycles. The van der Waals surface area contributed by atoms with Crippen LogP contribution in [0, 0.1) is 0 Å². The molecule has 6 heteroatoms. The Hall–Kier alpha value is -1.52. The van der Waals surface area contributed by atoms with Gasteiger partial charge >= 0.3 is 6.18 Å². The molecule has 1 nitrogen and oxygen atoms in total. The molecule has 0 fully saturated rings. The Kier molecular flexibility index (Phi) is 4.30. The molecule has 0 bridgehead atoms. The quantitative estimate of drug-likeness (QED) is 0.627. The number of carbonyl (C=O) groups excluding carboxylic acids is 1. The number of rotatable bonds is 2. The maximum absolute atomic E-state index is 13.1. The summed E-state index contributed by atoms with van der Waals surface area (Å²) in [5.74, 6) is -0.641. The number of halogens is 5. The topological polar surface area (TPSA) is 17.1 Å². The van der Waals surface area contributed by atoms with E-state index in [9.17, 15) is 18.0 Å². The van der Waals surface area contributed by atoms with Crippen molar-refractivity contribution < 1.29 is 18.0 Å². The summed E-state index contributed by atoms with van der Waals surface area (Å²) in [6.45, 7) is 1.10. The van der Waals surface area contributed by atoms with Crippen molar-refractivity contribution >= 4 is 29.0 Å². The number of alkyl halides is 3. The highest BCUT2D eigenvalue weighted by Gasteiger charge is 2.34. The SMILES string of the molecule is CC(=O)c1ccc(-c2cc(Cl)cc(Cl)c2)cc1C(F)(F)F. The molecular weight excluding hydrogens is 324 g/mol. The van der Waals surface area contributed by atoms with Gasteiger partial charge in [0.2, 0.25) is 0 Å². The van der Waals surface area contributed by atoms with Gasteiger partial charge in [0.15, 0.2) is 5.78 Å².